The Morgan fingerprint density at radius 3 is 2.82 bits per heavy atom. The van der Waals surface area contributed by atoms with E-state index >= 15 is 0 Å². The summed E-state index contributed by atoms with van der Waals surface area (Å²) in [5.74, 6) is 0.788. The third-order valence-electron chi connectivity index (χ3n) is 4.06. The van der Waals surface area contributed by atoms with Crippen molar-refractivity contribution in [3.8, 4) is 17.2 Å². The number of aromatic nitrogens is 4. The molecule has 0 saturated carbocycles. The first-order valence-electron chi connectivity index (χ1n) is 8.65. The van der Waals surface area contributed by atoms with E-state index in [0.717, 1.165) is 23.2 Å². The van der Waals surface area contributed by atoms with Crippen LogP contribution in [-0.4, -0.2) is 39.8 Å². The second kappa shape index (κ2) is 8.81. The second-order valence-corrected chi connectivity index (χ2v) is 6.07. The first-order chi connectivity index (χ1) is 13.6. The average molecular weight is 379 g/mol. The average Bonchev–Trinajstić information content (AvgIpc) is 3.23. The summed E-state index contributed by atoms with van der Waals surface area (Å²) in [6.07, 6.45) is 4.04. The zero-order valence-corrected chi connectivity index (χ0v) is 15.8. The topological polar surface area (TPSA) is 91.2 Å². The normalized spacial score (nSPS) is 10.4. The third-order valence-corrected chi connectivity index (χ3v) is 4.06. The summed E-state index contributed by atoms with van der Waals surface area (Å²) in [5, 5.41) is 14.0. The molecule has 0 atom stereocenters. The van der Waals surface area contributed by atoms with Gasteiger partial charge >= 0.3 is 0 Å². The molecule has 0 fully saturated rings. The zero-order valence-electron chi connectivity index (χ0n) is 15.8. The highest BCUT2D eigenvalue weighted by atomic mass is 16.5. The fraction of sp³-hybridized carbons (Fsp3) is 0.200. The van der Waals surface area contributed by atoms with Crippen LogP contribution < -0.4 is 14.8 Å². The molecular formula is C20H21N5O3. The van der Waals surface area contributed by atoms with Crippen LogP contribution >= 0.6 is 0 Å². The van der Waals surface area contributed by atoms with Gasteiger partial charge in [-0.25, -0.2) is 4.68 Å². The van der Waals surface area contributed by atoms with E-state index in [-0.39, 0.29) is 12.5 Å². The number of anilines is 1. The van der Waals surface area contributed by atoms with Gasteiger partial charge in [0.05, 0.1) is 12.8 Å². The number of nitrogens with zero attached hydrogens (tertiary/aromatic N) is 4. The lowest BCUT2D eigenvalue weighted by molar-refractivity contribution is -0.118. The molecule has 0 saturated heterocycles. The lowest BCUT2D eigenvalue weighted by atomic mass is 10.1. The molecule has 1 heterocycles. The number of benzene rings is 2. The fourth-order valence-corrected chi connectivity index (χ4v) is 2.67. The van der Waals surface area contributed by atoms with Crippen molar-refractivity contribution in [2.75, 3.05) is 19.0 Å². The Kier molecular flexibility index (Phi) is 6.01. The number of nitrogens with one attached hydrogen (secondary N) is 1. The van der Waals surface area contributed by atoms with Crippen LogP contribution in [0.15, 0.2) is 55.4 Å². The number of amides is 1. The maximum atomic E-state index is 12.3. The van der Waals surface area contributed by atoms with Crippen molar-refractivity contribution in [2.24, 2.45) is 0 Å². The van der Waals surface area contributed by atoms with Crippen molar-refractivity contribution >= 4 is 11.6 Å². The highest BCUT2D eigenvalue weighted by Gasteiger charge is 2.10. The summed E-state index contributed by atoms with van der Waals surface area (Å²) >= 11 is 0. The molecule has 3 aromatic rings. The summed E-state index contributed by atoms with van der Waals surface area (Å²) in [6, 6.07) is 11.1. The van der Waals surface area contributed by atoms with Crippen LogP contribution in [0.4, 0.5) is 5.69 Å². The first-order valence-corrected chi connectivity index (χ1v) is 8.65. The smallest absolute Gasteiger partial charge is 0.262 e. The van der Waals surface area contributed by atoms with E-state index in [4.69, 9.17) is 9.47 Å². The molecular weight excluding hydrogens is 358 g/mol. The van der Waals surface area contributed by atoms with Crippen molar-refractivity contribution in [3.63, 3.8) is 0 Å². The molecule has 0 aliphatic heterocycles. The number of allylic oxidation sites excluding steroid dienone is 1. The first kappa shape index (κ1) is 19.1. The van der Waals surface area contributed by atoms with Crippen LogP contribution in [0.3, 0.4) is 0 Å². The van der Waals surface area contributed by atoms with Gasteiger partial charge in [0, 0.05) is 5.69 Å². The number of carbonyl (C=O) groups is 1. The fourth-order valence-electron chi connectivity index (χ4n) is 2.67. The molecule has 1 amide bonds. The molecule has 1 aromatic heterocycles. The number of ether oxygens (including phenoxy) is 2. The maximum Gasteiger partial charge on any atom is 0.262 e. The lowest BCUT2D eigenvalue weighted by Gasteiger charge is -2.13. The maximum absolute atomic E-state index is 12.3. The van der Waals surface area contributed by atoms with E-state index < -0.39 is 0 Å². The SMILES string of the molecule is C=CCc1ccc(OCC(=O)Nc2ccc(C)c(-n3cnnn3)c2)c(OC)c1. The van der Waals surface area contributed by atoms with Gasteiger partial charge in [0.2, 0.25) is 0 Å². The molecule has 2 aromatic carbocycles. The van der Waals surface area contributed by atoms with Crippen molar-refractivity contribution in [3.05, 3.63) is 66.5 Å². The van der Waals surface area contributed by atoms with Gasteiger partial charge < -0.3 is 14.8 Å². The molecule has 28 heavy (non-hydrogen) atoms. The van der Waals surface area contributed by atoms with Gasteiger partial charge in [0.1, 0.15) is 6.33 Å². The molecule has 0 unspecified atom stereocenters. The predicted molar refractivity (Wildman–Crippen MR) is 105 cm³/mol. The minimum atomic E-state index is -0.288. The highest BCUT2D eigenvalue weighted by Crippen LogP contribution is 2.28. The zero-order chi connectivity index (χ0) is 19.9. The summed E-state index contributed by atoms with van der Waals surface area (Å²) in [5.41, 5.74) is 3.44. The van der Waals surface area contributed by atoms with Crippen molar-refractivity contribution in [1.29, 1.82) is 0 Å². The van der Waals surface area contributed by atoms with Crippen LogP contribution in [0.25, 0.3) is 5.69 Å². The van der Waals surface area contributed by atoms with Gasteiger partial charge in [-0.3, -0.25) is 4.79 Å². The molecule has 8 nitrogen and oxygen atoms in total. The summed E-state index contributed by atoms with van der Waals surface area (Å²) in [7, 11) is 1.56. The Balaban J connectivity index is 1.65. The summed E-state index contributed by atoms with van der Waals surface area (Å²) in [4.78, 5) is 12.3. The second-order valence-electron chi connectivity index (χ2n) is 6.07. The predicted octanol–water partition coefficient (Wildman–Crippen LogP) is 2.73. The number of methoxy groups -OCH3 is 1. The number of carbonyl (C=O) groups excluding carboxylic acids is 1. The van der Waals surface area contributed by atoms with Crippen molar-refractivity contribution in [1.82, 2.24) is 20.2 Å². The molecule has 144 valence electrons. The molecule has 8 heteroatoms. The third kappa shape index (κ3) is 4.53. The van der Waals surface area contributed by atoms with E-state index in [9.17, 15) is 4.79 Å². The van der Waals surface area contributed by atoms with Crippen LogP contribution in [0, 0.1) is 6.92 Å². The molecule has 0 radical (unpaired) electrons. The minimum Gasteiger partial charge on any atom is -0.493 e. The van der Waals surface area contributed by atoms with E-state index in [1.807, 2.05) is 37.3 Å². The van der Waals surface area contributed by atoms with Crippen LogP contribution in [0.1, 0.15) is 11.1 Å². The monoisotopic (exact) mass is 379 g/mol. The Hall–Kier alpha value is -3.68. The summed E-state index contributed by atoms with van der Waals surface area (Å²) in [6.45, 7) is 5.51. The number of hydrogen-bond donors (Lipinski definition) is 1. The van der Waals surface area contributed by atoms with Crippen LogP contribution in [0.5, 0.6) is 11.5 Å². The van der Waals surface area contributed by atoms with E-state index in [1.54, 1.807) is 19.2 Å². The van der Waals surface area contributed by atoms with Gasteiger partial charge in [0.25, 0.3) is 5.91 Å². The highest BCUT2D eigenvalue weighted by molar-refractivity contribution is 5.92. The van der Waals surface area contributed by atoms with Gasteiger partial charge in [0.15, 0.2) is 18.1 Å². The van der Waals surface area contributed by atoms with Gasteiger partial charge in [-0.1, -0.05) is 18.2 Å². The number of tetrazole rings is 1. The lowest BCUT2D eigenvalue weighted by Crippen LogP contribution is -2.20. The Labute approximate surface area is 162 Å². The number of aryl methyl sites for hydroxylation is 1. The summed E-state index contributed by atoms with van der Waals surface area (Å²) < 4.78 is 12.5. The van der Waals surface area contributed by atoms with E-state index in [1.165, 1.54) is 11.0 Å². The standard InChI is InChI=1S/C20H21N5O3/c1-4-5-15-7-9-18(19(10-15)27-3)28-12-20(26)22-16-8-6-14(2)17(11-16)25-13-21-23-24-25/h4,6-11,13H,1,5,12H2,2-3H3,(H,22,26). The molecule has 1 N–H and O–H groups in total. The van der Waals surface area contributed by atoms with Crippen LogP contribution in [-0.2, 0) is 11.2 Å². The van der Waals surface area contributed by atoms with Gasteiger partial charge in [-0.05, 0) is 59.2 Å². The largest absolute Gasteiger partial charge is 0.493 e. The Morgan fingerprint density at radius 1 is 1.25 bits per heavy atom. The van der Waals surface area contributed by atoms with Crippen LogP contribution in [0.2, 0.25) is 0 Å². The van der Waals surface area contributed by atoms with Gasteiger partial charge in [-0.15, -0.1) is 11.7 Å². The quantitative estimate of drug-likeness (QED) is 0.605. The number of hydrogen-bond acceptors (Lipinski definition) is 6. The molecule has 3 rings (SSSR count). The Bertz CT molecular complexity index is 970. The molecule has 0 bridgehead atoms. The van der Waals surface area contributed by atoms with E-state index in [0.29, 0.717) is 17.2 Å². The van der Waals surface area contributed by atoms with Crippen molar-refractivity contribution in [2.45, 2.75) is 13.3 Å². The van der Waals surface area contributed by atoms with E-state index in [2.05, 4.69) is 27.4 Å². The van der Waals surface area contributed by atoms with Crippen molar-refractivity contribution < 1.29 is 14.3 Å². The minimum absolute atomic E-state index is 0.148. The van der Waals surface area contributed by atoms with Gasteiger partial charge in [-0.2, -0.15) is 0 Å². The molecule has 0 aliphatic carbocycles. The molecule has 0 aliphatic rings. The molecule has 0 spiro atoms. The Morgan fingerprint density at radius 2 is 2.11 bits per heavy atom. The number of rotatable bonds is 8.